The van der Waals surface area contributed by atoms with Gasteiger partial charge in [-0.05, 0) is 37.5 Å². The maximum absolute atomic E-state index is 13.2. The van der Waals surface area contributed by atoms with E-state index in [9.17, 15) is 8.78 Å². The van der Waals surface area contributed by atoms with Crippen LogP contribution in [-0.4, -0.2) is 35.6 Å². The summed E-state index contributed by atoms with van der Waals surface area (Å²) in [6.07, 6.45) is 1.86. The van der Waals surface area contributed by atoms with Crippen molar-refractivity contribution in [2.75, 3.05) is 19.6 Å². The number of likely N-dealkylation sites (tertiary alicyclic amines) is 1. The maximum atomic E-state index is 13.2. The molecular formula is C18H23F2N3OS. The number of rotatable bonds is 6. The van der Waals surface area contributed by atoms with Crippen LogP contribution in [0.2, 0.25) is 0 Å². The van der Waals surface area contributed by atoms with Gasteiger partial charge in [0.2, 0.25) is 0 Å². The van der Waals surface area contributed by atoms with Crippen molar-refractivity contribution in [3.63, 3.8) is 0 Å². The van der Waals surface area contributed by atoms with E-state index in [1.165, 1.54) is 17.0 Å². The van der Waals surface area contributed by atoms with Crippen LogP contribution < -0.4 is 5.73 Å². The molecule has 1 aromatic heterocycles. The topological polar surface area (TPSA) is 51.4 Å². The number of aryl methyl sites for hydroxylation is 1. The molecule has 25 heavy (non-hydrogen) atoms. The summed E-state index contributed by atoms with van der Waals surface area (Å²) in [5.41, 5.74) is 9.43. The Bertz CT molecular complexity index is 681. The van der Waals surface area contributed by atoms with Crippen LogP contribution in [0.3, 0.4) is 0 Å². The SMILES string of the molecule is Cc1ncsc1C(CN)N1CCC(OCc2cc(F)cc(F)c2)CC1. The van der Waals surface area contributed by atoms with Crippen molar-refractivity contribution in [1.82, 2.24) is 9.88 Å². The molecule has 0 aliphatic carbocycles. The fourth-order valence-corrected chi connectivity index (χ4v) is 4.27. The second kappa shape index (κ2) is 8.31. The van der Waals surface area contributed by atoms with Crippen LogP contribution in [0, 0.1) is 18.6 Å². The number of nitrogens with zero attached hydrogens (tertiary/aromatic N) is 2. The van der Waals surface area contributed by atoms with Crippen LogP contribution >= 0.6 is 11.3 Å². The van der Waals surface area contributed by atoms with Gasteiger partial charge < -0.3 is 10.5 Å². The number of aromatic nitrogens is 1. The van der Waals surface area contributed by atoms with Gasteiger partial charge >= 0.3 is 0 Å². The Morgan fingerprint density at radius 2 is 1.96 bits per heavy atom. The zero-order chi connectivity index (χ0) is 17.8. The van der Waals surface area contributed by atoms with Gasteiger partial charge in [0, 0.05) is 30.6 Å². The monoisotopic (exact) mass is 367 g/mol. The summed E-state index contributed by atoms with van der Waals surface area (Å²) in [5.74, 6) is -1.14. The summed E-state index contributed by atoms with van der Waals surface area (Å²) in [5, 5.41) is 0. The minimum Gasteiger partial charge on any atom is -0.373 e. The molecule has 0 radical (unpaired) electrons. The van der Waals surface area contributed by atoms with Crippen molar-refractivity contribution in [2.24, 2.45) is 5.73 Å². The summed E-state index contributed by atoms with van der Waals surface area (Å²) in [7, 11) is 0. The Labute approximate surface area is 150 Å². The van der Waals surface area contributed by atoms with Crippen molar-refractivity contribution in [3.8, 4) is 0 Å². The number of benzene rings is 1. The lowest BCUT2D eigenvalue weighted by Crippen LogP contribution is -2.41. The third-order valence-electron chi connectivity index (χ3n) is 4.63. The molecule has 2 heterocycles. The number of ether oxygens (including phenoxy) is 1. The third-order valence-corrected chi connectivity index (χ3v) is 5.67. The first-order valence-electron chi connectivity index (χ1n) is 8.47. The second-order valence-corrected chi connectivity index (χ2v) is 7.26. The lowest BCUT2D eigenvalue weighted by Gasteiger charge is -2.36. The normalized spacial score (nSPS) is 17.8. The molecule has 1 saturated heterocycles. The number of nitrogens with two attached hydrogens (primary N) is 1. The van der Waals surface area contributed by atoms with Gasteiger partial charge in [0.25, 0.3) is 0 Å². The number of thiazole rings is 1. The predicted molar refractivity (Wildman–Crippen MR) is 94.4 cm³/mol. The van der Waals surface area contributed by atoms with E-state index in [2.05, 4.69) is 9.88 Å². The van der Waals surface area contributed by atoms with E-state index in [0.29, 0.717) is 12.1 Å². The molecule has 1 fully saturated rings. The average Bonchev–Trinajstić information content (AvgIpc) is 3.00. The minimum absolute atomic E-state index is 0.101. The molecule has 0 bridgehead atoms. The van der Waals surface area contributed by atoms with Gasteiger partial charge in [0.1, 0.15) is 11.6 Å². The fourth-order valence-electron chi connectivity index (χ4n) is 3.32. The number of halogens is 2. The molecule has 1 atom stereocenters. The Kier molecular flexibility index (Phi) is 6.11. The third kappa shape index (κ3) is 4.61. The van der Waals surface area contributed by atoms with E-state index in [1.807, 2.05) is 12.4 Å². The molecule has 7 heteroatoms. The number of hydrogen-bond donors (Lipinski definition) is 1. The van der Waals surface area contributed by atoms with Crippen molar-refractivity contribution in [2.45, 2.75) is 38.5 Å². The summed E-state index contributed by atoms with van der Waals surface area (Å²) in [6, 6.07) is 3.70. The first kappa shape index (κ1) is 18.4. The summed E-state index contributed by atoms with van der Waals surface area (Å²) < 4.78 is 32.3. The van der Waals surface area contributed by atoms with E-state index in [4.69, 9.17) is 10.5 Å². The molecule has 136 valence electrons. The standard InChI is InChI=1S/C18H23F2N3OS/c1-12-18(25-11-22-12)17(9-21)23-4-2-16(3-5-23)24-10-13-6-14(19)8-15(20)7-13/h6-8,11,16-17H,2-5,9-10,21H2,1H3. The minimum atomic E-state index is -0.570. The quantitative estimate of drug-likeness (QED) is 0.850. The smallest absolute Gasteiger partial charge is 0.126 e. The fraction of sp³-hybridized carbons (Fsp3) is 0.500. The van der Waals surface area contributed by atoms with E-state index >= 15 is 0 Å². The van der Waals surface area contributed by atoms with Crippen LogP contribution in [-0.2, 0) is 11.3 Å². The molecule has 1 aromatic carbocycles. The van der Waals surface area contributed by atoms with Crippen LogP contribution in [0.4, 0.5) is 8.78 Å². The predicted octanol–water partition coefficient (Wildman–Crippen LogP) is 3.41. The van der Waals surface area contributed by atoms with Crippen molar-refractivity contribution in [3.05, 3.63) is 51.5 Å². The lowest BCUT2D eigenvalue weighted by atomic mass is 10.0. The first-order chi connectivity index (χ1) is 12.1. The molecule has 4 nitrogen and oxygen atoms in total. The Hall–Kier alpha value is -1.41. The van der Waals surface area contributed by atoms with Gasteiger partial charge in [-0.25, -0.2) is 13.8 Å². The lowest BCUT2D eigenvalue weighted by molar-refractivity contribution is -0.0105. The van der Waals surface area contributed by atoms with Crippen molar-refractivity contribution in [1.29, 1.82) is 0 Å². The van der Waals surface area contributed by atoms with Crippen molar-refractivity contribution >= 4 is 11.3 Å². The van der Waals surface area contributed by atoms with Crippen LogP contribution in [0.15, 0.2) is 23.7 Å². The maximum Gasteiger partial charge on any atom is 0.126 e. The van der Waals surface area contributed by atoms with Gasteiger partial charge in [0.15, 0.2) is 0 Å². The first-order valence-corrected chi connectivity index (χ1v) is 9.35. The molecule has 2 aromatic rings. The largest absolute Gasteiger partial charge is 0.373 e. The molecule has 0 spiro atoms. The highest BCUT2D eigenvalue weighted by Gasteiger charge is 2.27. The number of hydrogen-bond acceptors (Lipinski definition) is 5. The van der Waals surface area contributed by atoms with Gasteiger partial charge in [0.05, 0.1) is 30.0 Å². The van der Waals surface area contributed by atoms with Gasteiger partial charge in [-0.15, -0.1) is 11.3 Å². The van der Waals surface area contributed by atoms with Gasteiger partial charge in [-0.1, -0.05) is 0 Å². The number of piperidine rings is 1. The highest BCUT2D eigenvalue weighted by molar-refractivity contribution is 7.09. The molecule has 1 aliphatic rings. The summed E-state index contributed by atoms with van der Waals surface area (Å²) >= 11 is 1.65. The van der Waals surface area contributed by atoms with Crippen LogP contribution in [0.5, 0.6) is 0 Å². The Morgan fingerprint density at radius 1 is 1.28 bits per heavy atom. The van der Waals surface area contributed by atoms with Crippen LogP contribution in [0.25, 0.3) is 0 Å². The average molecular weight is 367 g/mol. The Balaban J connectivity index is 1.52. The highest BCUT2D eigenvalue weighted by Crippen LogP contribution is 2.29. The molecule has 3 rings (SSSR count). The second-order valence-electron chi connectivity index (χ2n) is 6.38. The van der Waals surface area contributed by atoms with Crippen LogP contribution in [0.1, 0.15) is 35.0 Å². The molecule has 0 amide bonds. The van der Waals surface area contributed by atoms with Gasteiger partial charge in [-0.3, -0.25) is 4.90 Å². The Morgan fingerprint density at radius 3 is 2.52 bits per heavy atom. The molecule has 1 unspecified atom stereocenters. The zero-order valence-electron chi connectivity index (χ0n) is 14.3. The summed E-state index contributed by atoms with van der Waals surface area (Å²) in [6.45, 7) is 4.59. The van der Waals surface area contributed by atoms with E-state index in [0.717, 1.165) is 37.7 Å². The molecular weight excluding hydrogens is 344 g/mol. The van der Waals surface area contributed by atoms with Gasteiger partial charge in [-0.2, -0.15) is 0 Å². The summed E-state index contributed by atoms with van der Waals surface area (Å²) in [4.78, 5) is 7.93. The van der Waals surface area contributed by atoms with Crippen molar-refractivity contribution < 1.29 is 13.5 Å². The molecule has 2 N–H and O–H groups in total. The molecule has 1 aliphatic heterocycles. The highest BCUT2D eigenvalue weighted by atomic mass is 32.1. The molecule has 0 saturated carbocycles. The van der Waals surface area contributed by atoms with E-state index < -0.39 is 11.6 Å². The zero-order valence-corrected chi connectivity index (χ0v) is 15.1. The van der Waals surface area contributed by atoms with E-state index in [-0.39, 0.29) is 18.8 Å². The van der Waals surface area contributed by atoms with E-state index in [1.54, 1.807) is 11.3 Å².